The van der Waals surface area contributed by atoms with E-state index >= 15 is 0 Å². The van der Waals surface area contributed by atoms with Crippen LogP contribution < -0.4 is 25.5 Å². The van der Waals surface area contributed by atoms with Crippen LogP contribution in [0.15, 0.2) is 41.5 Å². The van der Waals surface area contributed by atoms with Gasteiger partial charge < -0.3 is 20.1 Å². The van der Waals surface area contributed by atoms with Gasteiger partial charge in [-0.1, -0.05) is 49.2 Å². The zero-order chi connectivity index (χ0) is 24.4. The molecule has 0 aliphatic heterocycles. The second-order valence-corrected chi connectivity index (χ2v) is 7.97. The smallest absolute Gasteiger partial charge is 0.329 e. The van der Waals surface area contributed by atoms with Gasteiger partial charge in [0.15, 0.2) is 18.1 Å². The van der Waals surface area contributed by atoms with Crippen LogP contribution in [0.2, 0.25) is 10.0 Å². The summed E-state index contributed by atoms with van der Waals surface area (Å²) in [7, 11) is 1.41. The molecule has 11 heteroatoms. The number of carbonyl (C=O) groups is 3. The van der Waals surface area contributed by atoms with Gasteiger partial charge in [0.05, 0.1) is 29.1 Å². The molecule has 33 heavy (non-hydrogen) atoms. The average molecular weight is 495 g/mol. The first-order chi connectivity index (χ1) is 15.7. The fourth-order valence-corrected chi connectivity index (χ4v) is 2.89. The summed E-state index contributed by atoms with van der Waals surface area (Å²) >= 11 is 12.3. The Morgan fingerprint density at radius 2 is 1.82 bits per heavy atom. The van der Waals surface area contributed by atoms with E-state index in [0.29, 0.717) is 22.8 Å². The van der Waals surface area contributed by atoms with Crippen molar-refractivity contribution in [3.05, 3.63) is 52.0 Å². The molecular weight excluding hydrogens is 471 g/mol. The van der Waals surface area contributed by atoms with E-state index < -0.39 is 17.7 Å². The van der Waals surface area contributed by atoms with Gasteiger partial charge in [-0.05, 0) is 35.7 Å². The Morgan fingerprint density at radius 3 is 2.48 bits per heavy atom. The number of carbonyl (C=O) groups excluding carboxylic acids is 3. The average Bonchev–Trinajstić information content (AvgIpc) is 2.77. The van der Waals surface area contributed by atoms with Crippen molar-refractivity contribution in [1.29, 1.82) is 0 Å². The van der Waals surface area contributed by atoms with Crippen LogP contribution in [0, 0.1) is 5.92 Å². The molecule has 3 N–H and O–H groups in total. The highest BCUT2D eigenvalue weighted by molar-refractivity contribution is 6.35. The summed E-state index contributed by atoms with van der Waals surface area (Å²) in [6.45, 7) is 3.86. The van der Waals surface area contributed by atoms with Gasteiger partial charge in [0.2, 0.25) is 0 Å². The maximum atomic E-state index is 12.2. The number of nitrogens with one attached hydrogen (secondary N) is 3. The van der Waals surface area contributed by atoms with Crippen LogP contribution in [0.4, 0.5) is 5.69 Å². The Kier molecular flexibility index (Phi) is 9.96. The molecule has 0 aliphatic rings. The van der Waals surface area contributed by atoms with Crippen molar-refractivity contribution < 1.29 is 23.9 Å². The summed E-state index contributed by atoms with van der Waals surface area (Å²) < 4.78 is 10.8. The minimum absolute atomic E-state index is 0.155. The Balaban J connectivity index is 1.99. The number of halogens is 2. The van der Waals surface area contributed by atoms with Gasteiger partial charge in [-0.2, -0.15) is 5.10 Å². The minimum atomic E-state index is -0.894. The van der Waals surface area contributed by atoms with Gasteiger partial charge in [0.25, 0.3) is 5.91 Å². The SMILES string of the molecule is COc1cc(/C=N\NC(=O)C(=O)NCC(C)C)cc(Cl)c1OCC(=O)Nc1ccccc1Cl. The second-order valence-electron chi connectivity index (χ2n) is 7.15. The van der Waals surface area contributed by atoms with Gasteiger partial charge in [-0.15, -0.1) is 0 Å². The third-order valence-electron chi connectivity index (χ3n) is 4.00. The number of para-hydroxylation sites is 1. The molecule has 0 bridgehead atoms. The number of benzene rings is 2. The number of nitrogens with zero attached hydrogens (tertiary/aromatic N) is 1. The summed E-state index contributed by atoms with van der Waals surface area (Å²) in [4.78, 5) is 35.6. The first kappa shape index (κ1) is 26.0. The maximum Gasteiger partial charge on any atom is 0.329 e. The molecule has 0 fully saturated rings. The molecule has 0 heterocycles. The zero-order valence-electron chi connectivity index (χ0n) is 18.3. The number of hydrogen-bond acceptors (Lipinski definition) is 6. The Morgan fingerprint density at radius 1 is 1.09 bits per heavy atom. The molecule has 2 aromatic rings. The number of hydrazone groups is 1. The minimum Gasteiger partial charge on any atom is -0.493 e. The van der Waals surface area contributed by atoms with Crippen molar-refractivity contribution in [1.82, 2.24) is 10.7 Å². The van der Waals surface area contributed by atoms with E-state index in [1.165, 1.54) is 19.4 Å². The highest BCUT2D eigenvalue weighted by atomic mass is 35.5. The lowest BCUT2D eigenvalue weighted by Gasteiger charge is -2.13. The third kappa shape index (κ3) is 8.28. The Hall–Kier alpha value is -3.30. The van der Waals surface area contributed by atoms with Crippen LogP contribution in [0.3, 0.4) is 0 Å². The summed E-state index contributed by atoms with van der Waals surface area (Å²) in [5.74, 6) is -1.50. The summed E-state index contributed by atoms with van der Waals surface area (Å²) in [5, 5.41) is 9.42. The van der Waals surface area contributed by atoms with E-state index in [9.17, 15) is 14.4 Å². The van der Waals surface area contributed by atoms with E-state index in [0.717, 1.165) is 0 Å². The quantitative estimate of drug-likeness (QED) is 0.281. The van der Waals surface area contributed by atoms with Gasteiger partial charge in [0.1, 0.15) is 0 Å². The highest BCUT2D eigenvalue weighted by Crippen LogP contribution is 2.36. The van der Waals surface area contributed by atoms with Crippen molar-refractivity contribution in [2.24, 2.45) is 11.0 Å². The first-order valence-electron chi connectivity index (χ1n) is 9.87. The molecule has 2 rings (SSSR count). The number of methoxy groups -OCH3 is 1. The lowest BCUT2D eigenvalue weighted by molar-refractivity contribution is -0.139. The molecule has 0 aromatic heterocycles. The van der Waals surface area contributed by atoms with Crippen LogP contribution in [0.5, 0.6) is 11.5 Å². The molecule has 3 amide bonds. The van der Waals surface area contributed by atoms with Crippen LogP contribution >= 0.6 is 23.2 Å². The predicted octanol–water partition coefficient (Wildman–Crippen LogP) is 3.24. The van der Waals surface area contributed by atoms with E-state index in [4.69, 9.17) is 32.7 Å². The molecular formula is C22H24Cl2N4O5. The molecule has 2 aromatic carbocycles. The van der Waals surface area contributed by atoms with Crippen LogP contribution in [-0.2, 0) is 14.4 Å². The summed E-state index contributed by atoms with van der Waals surface area (Å²) in [6, 6.07) is 9.84. The molecule has 0 aliphatic carbocycles. The van der Waals surface area contributed by atoms with Crippen molar-refractivity contribution in [2.45, 2.75) is 13.8 Å². The standard InChI is InChI=1S/C22H24Cl2N4O5/c1-13(2)10-25-21(30)22(31)28-26-11-14-8-16(24)20(18(9-14)32-3)33-12-19(29)27-17-7-5-4-6-15(17)23/h4-9,11,13H,10,12H2,1-3H3,(H,25,30)(H,27,29)(H,28,31)/b26-11-. The summed E-state index contributed by atoms with van der Waals surface area (Å²) in [5.41, 5.74) is 3.05. The molecule has 0 radical (unpaired) electrons. The maximum absolute atomic E-state index is 12.2. The molecule has 0 unspecified atom stereocenters. The monoisotopic (exact) mass is 494 g/mol. The normalized spacial score (nSPS) is 10.7. The molecule has 9 nitrogen and oxygen atoms in total. The molecule has 0 saturated carbocycles. The molecule has 0 atom stereocenters. The molecule has 0 spiro atoms. The number of hydrogen-bond donors (Lipinski definition) is 3. The number of anilines is 1. The van der Waals surface area contributed by atoms with Gasteiger partial charge in [0, 0.05) is 6.54 Å². The summed E-state index contributed by atoms with van der Waals surface area (Å²) in [6.07, 6.45) is 1.29. The van der Waals surface area contributed by atoms with Crippen molar-refractivity contribution in [3.63, 3.8) is 0 Å². The van der Waals surface area contributed by atoms with Crippen LogP contribution in [0.1, 0.15) is 19.4 Å². The van der Waals surface area contributed by atoms with Crippen LogP contribution in [-0.4, -0.2) is 44.2 Å². The lowest BCUT2D eigenvalue weighted by Crippen LogP contribution is -2.39. The van der Waals surface area contributed by atoms with Gasteiger partial charge in [-0.3, -0.25) is 14.4 Å². The van der Waals surface area contributed by atoms with Crippen molar-refractivity contribution in [2.75, 3.05) is 25.6 Å². The van der Waals surface area contributed by atoms with Crippen molar-refractivity contribution in [3.8, 4) is 11.5 Å². The molecule has 176 valence electrons. The van der Waals surface area contributed by atoms with Crippen LogP contribution in [0.25, 0.3) is 0 Å². The Bertz CT molecular complexity index is 1040. The predicted molar refractivity (Wildman–Crippen MR) is 127 cm³/mol. The third-order valence-corrected chi connectivity index (χ3v) is 4.61. The van der Waals surface area contributed by atoms with Crippen molar-refractivity contribution >= 4 is 52.8 Å². The second kappa shape index (κ2) is 12.7. The van der Waals surface area contributed by atoms with Gasteiger partial charge >= 0.3 is 11.8 Å². The highest BCUT2D eigenvalue weighted by Gasteiger charge is 2.15. The number of amides is 3. The Labute approximate surface area is 201 Å². The fourth-order valence-electron chi connectivity index (χ4n) is 2.43. The van der Waals surface area contributed by atoms with E-state index in [2.05, 4.69) is 21.2 Å². The van der Waals surface area contributed by atoms with E-state index in [-0.39, 0.29) is 29.0 Å². The largest absolute Gasteiger partial charge is 0.493 e. The number of rotatable bonds is 9. The first-order valence-corrected chi connectivity index (χ1v) is 10.6. The van der Waals surface area contributed by atoms with E-state index in [1.54, 1.807) is 30.3 Å². The topological polar surface area (TPSA) is 118 Å². The number of ether oxygens (including phenoxy) is 2. The lowest BCUT2D eigenvalue weighted by atomic mass is 10.2. The fraction of sp³-hybridized carbons (Fsp3) is 0.273. The van der Waals surface area contributed by atoms with Gasteiger partial charge in [-0.25, -0.2) is 5.43 Å². The van der Waals surface area contributed by atoms with E-state index in [1.807, 2.05) is 13.8 Å². The zero-order valence-corrected chi connectivity index (χ0v) is 19.8. The molecule has 0 saturated heterocycles.